The highest BCUT2D eigenvalue weighted by atomic mass is 16.7. The minimum atomic E-state index is -1.78. The van der Waals surface area contributed by atoms with E-state index in [1.807, 2.05) is 0 Å². The number of methoxy groups -OCH3 is 2. The Hall–Kier alpha value is -3.98. The first-order valence-electron chi connectivity index (χ1n) is 10.0. The number of phenols is 1. The Kier molecular flexibility index (Phi) is 5.06. The summed E-state index contributed by atoms with van der Waals surface area (Å²) in [4.78, 5) is 26.1. The van der Waals surface area contributed by atoms with Crippen molar-refractivity contribution in [2.24, 2.45) is 0 Å². The van der Waals surface area contributed by atoms with E-state index in [-0.39, 0.29) is 21.5 Å². The Labute approximate surface area is 192 Å². The van der Waals surface area contributed by atoms with E-state index in [9.17, 15) is 40.2 Å². The fourth-order valence-electron chi connectivity index (χ4n) is 4.20. The molecule has 5 rings (SSSR count). The van der Waals surface area contributed by atoms with E-state index in [0.29, 0.717) is 0 Å². The van der Waals surface area contributed by atoms with Crippen LogP contribution in [0.15, 0.2) is 18.4 Å². The number of aromatic hydroxyl groups is 3. The number of hydrogen-bond acceptors (Lipinski definition) is 14. The molecule has 1 aliphatic rings. The lowest BCUT2D eigenvalue weighted by Gasteiger charge is -2.35. The van der Waals surface area contributed by atoms with Crippen LogP contribution in [-0.4, -0.2) is 76.1 Å². The third-order valence-electron chi connectivity index (χ3n) is 5.84. The third kappa shape index (κ3) is 2.97. The molecular weight excluding hydrogens is 476 g/mol. The smallest absolute Gasteiger partial charge is 0.294 e. The first kappa shape index (κ1) is 22.8. The van der Waals surface area contributed by atoms with Gasteiger partial charge in [0.2, 0.25) is 17.8 Å². The van der Waals surface area contributed by atoms with Gasteiger partial charge >= 0.3 is 0 Å². The molecule has 0 unspecified atom stereocenters. The maximum atomic E-state index is 13.4. The summed E-state index contributed by atoms with van der Waals surface area (Å²) >= 11 is 0. The standard InChI is InChI=1S/C21H18O14/c1-30-14-7-5-6-8(20(29)33-15(5)11(25)10(14)24)17(31-2)18(13(27)16(6)34-19(7)28)35-21-12(26)9(23)4(22)3-32-21/h4,9,12,21-24,26,28-29H,3H2,1-2H3/t4-,9+,12+,21+/m1/s1. The number of benzene rings is 2. The van der Waals surface area contributed by atoms with Crippen LogP contribution in [0, 0.1) is 0 Å². The van der Waals surface area contributed by atoms with Gasteiger partial charge in [0.15, 0.2) is 22.7 Å². The number of aliphatic hydroxyl groups excluding tert-OH is 3. The van der Waals surface area contributed by atoms with Crippen LogP contribution in [0.1, 0.15) is 0 Å². The van der Waals surface area contributed by atoms with E-state index < -0.39 is 88.1 Å². The van der Waals surface area contributed by atoms with Crippen LogP contribution < -0.4 is 25.1 Å². The van der Waals surface area contributed by atoms with Crippen molar-refractivity contribution in [1.82, 2.24) is 0 Å². The molecule has 1 saturated heterocycles. The molecule has 14 heteroatoms. The normalized spacial score (nSPS) is 22.8. The Bertz CT molecular complexity index is 1580. The molecule has 6 N–H and O–H groups in total. The highest BCUT2D eigenvalue weighted by Crippen LogP contribution is 2.50. The van der Waals surface area contributed by atoms with Crippen molar-refractivity contribution < 1.29 is 58.4 Å². The van der Waals surface area contributed by atoms with Crippen molar-refractivity contribution in [2.45, 2.75) is 24.6 Å². The molecule has 1 aliphatic heterocycles. The molecule has 2 aromatic heterocycles. The largest absolute Gasteiger partial charge is 0.501 e. The van der Waals surface area contributed by atoms with Crippen LogP contribution in [0.5, 0.6) is 34.9 Å². The van der Waals surface area contributed by atoms with Gasteiger partial charge in [0.05, 0.1) is 31.6 Å². The Morgan fingerprint density at radius 1 is 0.743 bits per heavy atom. The lowest BCUT2D eigenvalue weighted by atomic mass is 10.00. The van der Waals surface area contributed by atoms with E-state index in [4.69, 9.17) is 27.8 Å². The topological polar surface area (TPSA) is 219 Å². The van der Waals surface area contributed by atoms with Crippen molar-refractivity contribution in [2.75, 3.05) is 20.8 Å². The van der Waals surface area contributed by atoms with Crippen LogP contribution in [0.25, 0.3) is 32.7 Å². The van der Waals surface area contributed by atoms with Gasteiger partial charge < -0.3 is 58.4 Å². The molecule has 186 valence electrons. The second-order valence-electron chi connectivity index (χ2n) is 7.74. The van der Waals surface area contributed by atoms with E-state index in [0.717, 1.165) is 14.2 Å². The zero-order chi connectivity index (χ0) is 25.3. The zero-order valence-electron chi connectivity index (χ0n) is 18.0. The molecule has 0 aliphatic carbocycles. The second kappa shape index (κ2) is 7.78. The van der Waals surface area contributed by atoms with Gasteiger partial charge in [-0.1, -0.05) is 0 Å². The summed E-state index contributed by atoms with van der Waals surface area (Å²) < 4.78 is 31.5. The molecule has 0 amide bonds. The maximum absolute atomic E-state index is 13.4. The molecule has 2 aromatic carbocycles. The van der Waals surface area contributed by atoms with Crippen molar-refractivity contribution in [1.29, 1.82) is 0 Å². The highest BCUT2D eigenvalue weighted by molar-refractivity contribution is 6.25. The van der Waals surface area contributed by atoms with Gasteiger partial charge in [0.1, 0.15) is 29.1 Å². The average molecular weight is 494 g/mol. The predicted octanol–water partition coefficient (Wildman–Crippen LogP) is -0.558. The van der Waals surface area contributed by atoms with Gasteiger partial charge in [-0.2, -0.15) is 0 Å². The van der Waals surface area contributed by atoms with Crippen molar-refractivity contribution in [3.63, 3.8) is 0 Å². The molecule has 4 aromatic rings. The molecule has 0 saturated carbocycles. The summed E-state index contributed by atoms with van der Waals surface area (Å²) in [6, 6.07) is 0. The predicted molar refractivity (Wildman–Crippen MR) is 114 cm³/mol. The van der Waals surface area contributed by atoms with Crippen LogP contribution in [-0.2, 0) is 4.74 Å². The summed E-state index contributed by atoms with van der Waals surface area (Å²) in [5.74, 6) is -4.37. The van der Waals surface area contributed by atoms with Crippen molar-refractivity contribution in [3.05, 3.63) is 20.4 Å². The quantitative estimate of drug-likeness (QED) is 0.196. The van der Waals surface area contributed by atoms with Crippen LogP contribution in [0.4, 0.5) is 0 Å². The number of phenolic OH excluding ortho intramolecular Hbond substituents is 1. The minimum Gasteiger partial charge on any atom is -0.501 e. The maximum Gasteiger partial charge on any atom is 0.294 e. The Balaban J connectivity index is 1.89. The molecule has 1 fully saturated rings. The fraction of sp³-hybridized carbons (Fsp3) is 0.333. The Morgan fingerprint density at radius 3 is 1.86 bits per heavy atom. The van der Waals surface area contributed by atoms with E-state index in [1.165, 1.54) is 0 Å². The Morgan fingerprint density at radius 2 is 1.29 bits per heavy atom. The summed E-state index contributed by atoms with van der Waals surface area (Å²) in [5.41, 5.74) is -3.39. The number of aliphatic hydroxyl groups is 3. The summed E-state index contributed by atoms with van der Waals surface area (Å²) in [6.07, 6.45) is -6.51. The van der Waals surface area contributed by atoms with E-state index in [1.54, 1.807) is 0 Å². The lowest BCUT2D eigenvalue weighted by Crippen LogP contribution is -2.55. The molecule has 4 atom stereocenters. The van der Waals surface area contributed by atoms with Gasteiger partial charge in [0.25, 0.3) is 22.8 Å². The summed E-state index contributed by atoms with van der Waals surface area (Å²) in [5, 5.41) is 60.1. The van der Waals surface area contributed by atoms with E-state index in [2.05, 4.69) is 0 Å². The molecule has 0 spiro atoms. The van der Waals surface area contributed by atoms with Crippen LogP contribution >= 0.6 is 0 Å². The summed E-state index contributed by atoms with van der Waals surface area (Å²) in [7, 11) is 2.24. The summed E-state index contributed by atoms with van der Waals surface area (Å²) in [6.45, 7) is -0.435. The fourth-order valence-corrected chi connectivity index (χ4v) is 4.20. The molecule has 0 bridgehead atoms. The molecule has 35 heavy (non-hydrogen) atoms. The SMILES string of the molecule is COc1c(O)c(=O)c2oc(O)c3c(OC)c(O[C@@H]4OC[C@@H](O)[C@H](O)[C@@H]4O)c(=O)c4oc(O)c1c2c34. The monoisotopic (exact) mass is 494 g/mol. The third-order valence-corrected chi connectivity index (χ3v) is 5.84. The van der Waals surface area contributed by atoms with Gasteiger partial charge in [-0.25, -0.2) is 0 Å². The van der Waals surface area contributed by atoms with E-state index >= 15 is 0 Å². The van der Waals surface area contributed by atoms with Crippen molar-refractivity contribution in [3.8, 4) is 34.9 Å². The van der Waals surface area contributed by atoms with Crippen LogP contribution in [0.3, 0.4) is 0 Å². The number of hydrogen-bond donors (Lipinski definition) is 6. The highest BCUT2D eigenvalue weighted by Gasteiger charge is 2.41. The second-order valence-corrected chi connectivity index (χ2v) is 7.74. The molecular formula is C21H18O14. The van der Waals surface area contributed by atoms with Gasteiger partial charge in [0, 0.05) is 0 Å². The van der Waals surface area contributed by atoms with Crippen LogP contribution in [0.2, 0.25) is 0 Å². The number of ether oxygens (including phenoxy) is 4. The molecule has 0 radical (unpaired) electrons. The van der Waals surface area contributed by atoms with Gasteiger partial charge in [-0.3, -0.25) is 9.59 Å². The first-order valence-corrected chi connectivity index (χ1v) is 10.0. The zero-order valence-corrected chi connectivity index (χ0v) is 18.0. The average Bonchev–Trinajstić information content (AvgIpc) is 2.83. The molecule has 3 heterocycles. The first-order chi connectivity index (χ1) is 16.6. The minimum absolute atomic E-state index is 0.217. The molecule has 14 nitrogen and oxygen atoms in total. The van der Waals surface area contributed by atoms with Crippen molar-refractivity contribution >= 4 is 32.7 Å². The van der Waals surface area contributed by atoms with Gasteiger partial charge in [-0.05, 0) is 0 Å². The van der Waals surface area contributed by atoms with Gasteiger partial charge in [-0.15, -0.1) is 0 Å². The lowest BCUT2D eigenvalue weighted by molar-refractivity contribution is -0.242. The number of rotatable bonds is 4.